The Bertz CT molecular complexity index is 895. The fourth-order valence-electron chi connectivity index (χ4n) is 5.72. The molecule has 2 fully saturated rings. The summed E-state index contributed by atoms with van der Waals surface area (Å²) in [5.41, 5.74) is 2.85. The second kappa shape index (κ2) is 5.71. The Morgan fingerprint density at radius 2 is 2.00 bits per heavy atom. The van der Waals surface area contributed by atoms with Gasteiger partial charge in [-0.3, -0.25) is 0 Å². The van der Waals surface area contributed by atoms with Gasteiger partial charge < -0.3 is 10.4 Å². The van der Waals surface area contributed by atoms with Gasteiger partial charge in [0.05, 0.1) is 11.6 Å². The Morgan fingerprint density at radius 3 is 2.77 bits per heavy atom. The fourth-order valence-corrected chi connectivity index (χ4v) is 6.00. The zero-order valence-corrected chi connectivity index (χ0v) is 14.8. The van der Waals surface area contributed by atoms with Gasteiger partial charge in [-0.2, -0.15) is 0 Å². The molecule has 2 aromatic carbocycles. The summed E-state index contributed by atoms with van der Waals surface area (Å²) in [6.07, 6.45) is 3.46. The quantitative estimate of drug-likeness (QED) is 0.735. The summed E-state index contributed by atoms with van der Waals surface area (Å²) in [6, 6.07) is 9.91. The summed E-state index contributed by atoms with van der Waals surface area (Å²) in [5, 5.41) is 13.3. The number of hydrogen-bond acceptors (Lipinski definition) is 2. The Morgan fingerprint density at radius 1 is 1.19 bits per heavy atom. The van der Waals surface area contributed by atoms with E-state index in [0.29, 0.717) is 28.0 Å². The molecule has 0 saturated heterocycles. The number of benzene rings is 2. The Balaban J connectivity index is 1.67. The molecule has 0 aromatic heterocycles. The number of anilines is 1. The number of carbonyl (C=O) groups is 1. The highest BCUT2D eigenvalue weighted by Gasteiger charge is 2.54. The SMILES string of the molecule is O=C(O)c1ccc2c(c1)[C@H]1[C@H]3CC[C@@H](C3)[C@H]1[C@@H](c1c(F)cccc1Cl)N2. The van der Waals surface area contributed by atoms with Gasteiger partial charge in [0.2, 0.25) is 0 Å². The van der Waals surface area contributed by atoms with E-state index in [9.17, 15) is 14.3 Å². The molecule has 5 heteroatoms. The first-order chi connectivity index (χ1) is 12.5. The second-order valence-electron chi connectivity index (χ2n) is 7.80. The van der Waals surface area contributed by atoms with Crippen LogP contribution < -0.4 is 5.32 Å². The number of carboxylic acid groups (broad SMARTS) is 1. The van der Waals surface area contributed by atoms with Gasteiger partial charge in [-0.25, -0.2) is 9.18 Å². The lowest BCUT2D eigenvalue weighted by Crippen LogP contribution is -2.36. The van der Waals surface area contributed by atoms with E-state index in [-0.39, 0.29) is 23.7 Å². The predicted molar refractivity (Wildman–Crippen MR) is 98.2 cm³/mol. The van der Waals surface area contributed by atoms with Gasteiger partial charge in [0.15, 0.2) is 0 Å². The van der Waals surface area contributed by atoms with Gasteiger partial charge in [-0.05, 0) is 78.8 Å². The van der Waals surface area contributed by atoms with Gasteiger partial charge in [0.25, 0.3) is 0 Å². The van der Waals surface area contributed by atoms with E-state index >= 15 is 0 Å². The number of aromatic carboxylic acids is 1. The van der Waals surface area contributed by atoms with Crippen LogP contribution in [-0.2, 0) is 0 Å². The lowest BCUT2D eigenvalue weighted by molar-refractivity contribution is 0.0696. The number of carboxylic acids is 1. The number of nitrogens with one attached hydrogen (secondary N) is 1. The molecule has 2 aromatic rings. The first kappa shape index (κ1) is 16.1. The maximum atomic E-state index is 14.7. The summed E-state index contributed by atoms with van der Waals surface area (Å²) < 4.78 is 14.7. The van der Waals surface area contributed by atoms with Crippen molar-refractivity contribution in [3.05, 3.63) is 63.9 Å². The molecule has 2 saturated carbocycles. The topological polar surface area (TPSA) is 49.3 Å². The van der Waals surface area contributed by atoms with Crippen molar-refractivity contribution in [1.29, 1.82) is 0 Å². The molecule has 26 heavy (non-hydrogen) atoms. The first-order valence-corrected chi connectivity index (χ1v) is 9.50. The summed E-state index contributed by atoms with van der Waals surface area (Å²) in [4.78, 5) is 11.4. The van der Waals surface area contributed by atoms with Crippen LogP contribution in [0.2, 0.25) is 5.02 Å². The van der Waals surface area contributed by atoms with E-state index in [1.165, 1.54) is 12.5 Å². The van der Waals surface area contributed by atoms with Crippen molar-refractivity contribution in [2.75, 3.05) is 5.32 Å². The molecular weight excluding hydrogens is 353 g/mol. The standard InChI is InChI=1S/C21H19ClFNO2/c22-14-2-1-3-15(23)19(14)20-18-11-5-4-10(8-11)17(18)13-9-12(21(25)26)6-7-16(13)24-20/h1-3,6-7,9-11,17-18,20,24H,4-5,8H2,(H,25,26)/t10-,11-,17+,18+,20-/m0/s1. The van der Waals surface area contributed by atoms with Crippen LogP contribution in [0.3, 0.4) is 0 Å². The lowest BCUT2D eigenvalue weighted by Gasteiger charge is -2.43. The van der Waals surface area contributed by atoms with Crippen molar-refractivity contribution >= 4 is 23.3 Å². The molecule has 5 atom stereocenters. The Hall–Kier alpha value is -2.07. The number of fused-ring (bicyclic) bond motifs is 7. The average Bonchev–Trinajstić information content (AvgIpc) is 3.23. The molecule has 2 bridgehead atoms. The Labute approximate surface area is 156 Å². The molecule has 3 aliphatic rings. The predicted octanol–water partition coefficient (Wildman–Crippen LogP) is 5.47. The number of halogens is 2. The summed E-state index contributed by atoms with van der Waals surface area (Å²) >= 11 is 6.39. The monoisotopic (exact) mass is 371 g/mol. The molecule has 1 aliphatic heterocycles. The maximum absolute atomic E-state index is 14.7. The molecule has 1 heterocycles. The minimum absolute atomic E-state index is 0.174. The van der Waals surface area contributed by atoms with E-state index in [1.54, 1.807) is 18.2 Å². The van der Waals surface area contributed by atoms with Crippen molar-refractivity contribution in [3.63, 3.8) is 0 Å². The molecule has 2 N–H and O–H groups in total. The van der Waals surface area contributed by atoms with E-state index in [2.05, 4.69) is 5.32 Å². The zero-order chi connectivity index (χ0) is 18.0. The van der Waals surface area contributed by atoms with Crippen LogP contribution in [-0.4, -0.2) is 11.1 Å². The number of hydrogen-bond donors (Lipinski definition) is 2. The number of rotatable bonds is 2. The van der Waals surface area contributed by atoms with Gasteiger partial charge >= 0.3 is 5.97 Å². The van der Waals surface area contributed by atoms with Crippen LogP contribution in [0.1, 0.15) is 52.7 Å². The van der Waals surface area contributed by atoms with E-state index < -0.39 is 5.97 Å². The van der Waals surface area contributed by atoms with Crippen LogP contribution in [0.25, 0.3) is 0 Å². The highest BCUT2D eigenvalue weighted by Crippen LogP contribution is 2.64. The van der Waals surface area contributed by atoms with Crippen LogP contribution in [0.15, 0.2) is 36.4 Å². The van der Waals surface area contributed by atoms with Gasteiger partial charge in [-0.1, -0.05) is 17.7 Å². The third kappa shape index (κ3) is 2.21. The molecule has 0 radical (unpaired) electrons. The van der Waals surface area contributed by atoms with Crippen molar-refractivity contribution in [2.24, 2.45) is 17.8 Å². The van der Waals surface area contributed by atoms with E-state index in [0.717, 1.165) is 24.1 Å². The highest BCUT2D eigenvalue weighted by atomic mass is 35.5. The van der Waals surface area contributed by atoms with Gasteiger partial charge in [0, 0.05) is 16.3 Å². The molecule has 0 spiro atoms. The highest BCUT2D eigenvalue weighted by molar-refractivity contribution is 6.31. The molecule has 0 unspecified atom stereocenters. The Kier molecular flexibility index (Phi) is 3.54. The summed E-state index contributed by atoms with van der Waals surface area (Å²) in [5.74, 6) is 0.404. The average molecular weight is 372 g/mol. The largest absolute Gasteiger partial charge is 0.478 e. The van der Waals surface area contributed by atoms with E-state index in [4.69, 9.17) is 11.6 Å². The normalized spacial score (nSPS) is 31.2. The molecule has 2 aliphatic carbocycles. The maximum Gasteiger partial charge on any atom is 0.335 e. The van der Waals surface area contributed by atoms with Crippen molar-refractivity contribution in [1.82, 2.24) is 0 Å². The molecular formula is C21H19ClFNO2. The van der Waals surface area contributed by atoms with Crippen LogP contribution in [0.5, 0.6) is 0 Å². The third-order valence-corrected chi connectivity index (χ3v) is 6.97. The van der Waals surface area contributed by atoms with Gasteiger partial charge in [0.1, 0.15) is 5.82 Å². The third-order valence-electron chi connectivity index (χ3n) is 6.64. The van der Waals surface area contributed by atoms with Crippen LogP contribution in [0, 0.1) is 23.6 Å². The first-order valence-electron chi connectivity index (χ1n) is 9.12. The fraction of sp³-hybridized carbons (Fsp3) is 0.381. The van der Waals surface area contributed by atoms with Gasteiger partial charge in [-0.15, -0.1) is 0 Å². The minimum atomic E-state index is -0.910. The van der Waals surface area contributed by atoms with Crippen molar-refractivity contribution < 1.29 is 14.3 Å². The lowest BCUT2D eigenvalue weighted by atomic mass is 9.68. The van der Waals surface area contributed by atoms with Crippen molar-refractivity contribution in [3.8, 4) is 0 Å². The van der Waals surface area contributed by atoms with E-state index in [1.807, 2.05) is 12.1 Å². The smallest absolute Gasteiger partial charge is 0.335 e. The summed E-state index contributed by atoms with van der Waals surface area (Å²) in [7, 11) is 0. The molecule has 134 valence electrons. The van der Waals surface area contributed by atoms with Crippen LogP contribution in [0.4, 0.5) is 10.1 Å². The molecule has 0 amide bonds. The zero-order valence-electron chi connectivity index (χ0n) is 14.1. The van der Waals surface area contributed by atoms with Crippen molar-refractivity contribution in [2.45, 2.75) is 31.2 Å². The molecule has 3 nitrogen and oxygen atoms in total. The van der Waals surface area contributed by atoms with Crippen LogP contribution >= 0.6 is 11.6 Å². The summed E-state index contributed by atoms with van der Waals surface area (Å²) in [6.45, 7) is 0. The second-order valence-corrected chi connectivity index (χ2v) is 8.21. The minimum Gasteiger partial charge on any atom is -0.478 e. The molecule has 5 rings (SSSR count).